The van der Waals surface area contributed by atoms with Gasteiger partial charge in [0.25, 0.3) is 5.91 Å². The topological polar surface area (TPSA) is 51.7 Å². The standard InChI is InChI=1S/C21H18N2O3/c1-15-4-7-18(8-5-15)23(13-16-3-2-10-22-12-16)21(24)17-6-9-19-20(11-17)26-14-25-19/h2-12H,13-14H2,1H3. The second kappa shape index (κ2) is 6.88. The van der Waals surface area contributed by atoms with Crippen LogP contribution in [0.25, 0.3) is 0 Å². The number of aromatic nitrogens is 1. The third kappa shape index (κ3) is 3.24. The van der Waals surface area contributed by atoms with Crippen LogP contribution in [0.15, 0.2) is 67.0 Å². The van der Waals surface area contributed by atoms with E-state index in [-0.39, 0.29) is 12.7 Å². The van der Waals surface area contributed by atoms with E-state index in [2.05, 4.69) is 4.98 Å². The van der Waals surface area contributed by atoms with Gasteiger partial charge in [-0.1, -0.05) is 23.8 Å². The lowest BCUT2D eigenvalue weighted by Crippen LogP contribution is -2.30. The molecule has 0 radical (unpaired) electrons. The van der Waals surface area contributed by atoms with Gasteiger partial charge in [-0.15, -0.1) is 0 Å². The third-order valence-corrected chi connectivity index (χ3v) is 4.27. The number of nitrogens with zero attached hydrogens (tertiary/aromatic N) is 2. The number of rotatable bonds is 4. The molecule has 26 heavy (non-hydrogen) atoms. The van der Waals surface area contributed by atoms with E-state index in [0.29, 0.717) is 23.6 Å². The van der Waals surface area contributed by atoms with E-state index in [4.69, 9.17) is 9.47 Å². The van der Waals surface area contributed by atoms with E-state index >= 15 is 0 Å². The molecule has 0 spiro atoms. The van der Waals surface area contributed by atoms with E-state index < -0.39 is 0 Å². The molecule has 4 rings (SSSR count). The van der Waals surface area contributed by atoms with Crippen molar-refractivity contribution in [1.82, 2.24) is 4.98 Å². The van der Waals surface area contributed by atoms with Crippen molar-refractivity contribution in [2.24, 2.45) is 0 Å². The number of anilines is 1. The summed E-state index contributed by atoms with van der Waals surface area (Å²) in [5.74, 6) is 1.16. The smallest absolute Gasteiger partial charge is 0.258 e. The molecule has 1 aromatic heterocycles. The zero-order valence-corrected chi connectivity index (χ0v) is 14.4. The predicted octanol–water partition coefficient (Wildman–Crippen LogP) is 3.97. The summed E-state index contributed by atoms with van der Waals surface area (Å²) < 4.78 is 10.7. The summed E-state index contributed by atoms with van der Waals surface area (Å²) in [5.41, 5.74) is 3.49. The molecule has 0 aliphatic carbocycles. The monoisotopic (exact) mass is 346 g/mol. The van der Waals surface area contributed by atoms with Crippen LogP contribution in [-0.4, -0.2) is 17.7 Å². The molecular weight excluding hydrogens is 328 g/mol. The largest absolute Gasteiger partial charge is 0.454 e. The highest BCUT2D eigenvalue weighted by atomic mass is 16.7. The van der Waals surface area contributed by atoms with Gasteiger partial charge in [0.1, 0.15) is 0 Å². The molecule has 2 aromatic carbocycles. The number of hydrogen-bond donors (Lipinski definition) is 0. The number of ether oxygens (including phenoxy) is 2. The minimum Gasteiger partial charge on any atom is -0.454 e. The highest BCUT2D eigenvalue weighted by Crippen LogP contribution is 2.33. The fraction of sp³-hybridized carbons (Fsp3) is 0.143. The third-order valence-electron chi connectivity index (χ3n) is 4.27. The fourth-order valence-electron chi connectivity index (χ4n) is 2.86. The number of hydrogen-bond acceptors (Lipinski definition) is 4. The molecule has 2 heterocycles. The average Bonchev–Trinajstić information content (AvgIpc) is 3.15. The normalized spacial score (nSPS) is 12.0. The maximum absolute atomic E-state index is 13.2. The van der Waals surface area contributed by atoms with Crippen LogP contribution in [0.4, 0.5) is 5.69 Å². The fourth-order valence-corrected chi connectivity index (χ4v) is 2.86. The molecule has 1 aliphatic heterocycles. The zero-order chi connectivity index (χ0) is 17.9. The Morgan fingerprint density at radius 3 is 2.65 bits per heavy atom. The lowest BCUT2D eigenvalue weighted by atomic mass is 10.1. The summed E-state index contributed by atoms with van der Waals surface area (Å²) in [5, 5.41) is 0. The molecule has 5 nitrogen and oxygen atoms in total. The summed E-state index contributed by atoms with van der Waals surface area (Å²) in [4.78, 5) is 19.1. The van der Waals surface area contributed by atoms with E-state index in [0.717, 1.165) is 16.8 Å². The van der Waals surface area contributed by atoms with Gasteiger partial charge in [-0.05, 0) is 48.9 Å². The quantitative estimate of drug-likeness (QED) is 0.717. The summed E-state index contributed by atoms with van der Waals surface area (Å²) in [6.45, 7) is 2.64. The SMILES string of the molecule is Cc1ccc(N(Cc2cccnc2)C(=O)c2ccc3c(c2)OCO3)cc1. The first-order chi connectivity index (χ1) is 12.7. The summed E-state index contributed by atoms with van der Waals surface area (Å²) in [7, 11) is 0. The van der Waals surface area contributed by atoms with Crippen LogP contribution in [0.1, 0.15) is 21.5 Å². The Bertz CT molecular complexity index is 924. The van der Waals surface area contributed by atoms with Crippen molar-refractivity contribution in [3.63, 3.8) is 0 Å². The molecule has 0 N–H and O–H groups in total. The van der Waals surface area contributed by atoms with Crippen molar-refractivity contribution in [2.75, 3.05) is 11.7 Å². The number of aryl methyl sites for hydroxylation is 1. The Hall–Kier alpha value is -3.34. The maximum atomic E-state index is 13.2. The van der Waals surface area contributed by atoms with Gasteiger partial charge in [-0.25, -0.2) is 0 Å². The van der Waals surface area contributed by atoms with Gasteiger partial charge in [0.05, 0.1) is 6.54 Å². The first kappa shape index (κ1) is 16.1. The number of benzene rings is 2. The Morgan fingerprint density at radius 1 is 1.08 bits per heavy atom. The Balaban J connectivity index is 1.69. The van der Waals surface area contributed by atoms with Crippen molar-refractivity contribution < 1.29 is 14.3 Å². The lowest BCUT2D eigenvalue weighted by Gasteiger charge is -2.23. The van der Waals surface area contributed by atoms with Crippen molar-refractivity contribution in [3.05, 3.63) is 83.7 Å². The molecular formula is C21H18N2O3. The predicted molar refractivity (Wildman–Crippen MR) is 98.5 cm³/mol. The van der Waals surface area contributed by atoms with Crippen molar-refractivity contribution >= 4 is 11.6 Å². The summed E-state index contributed by atoms with van der Waals surface area (Å²) in [6.07, 6.45) is 3.49. The van der Waals surface area contributed by atoms with Crippen LogP contribution >= 0.6 is 0 Å². The van der Waals surface area contributed by atoms with Gasteiger partial charge in [-0.2, -0.15) is 0 Å². The van der Waals surface area contributed by atoms with E-state index in [9.17, 15) is 4.79 Å². The number of fused-ring (bicyclic) bond motifs is 1. The lowest BCUT2D eigenvalue weighted by molar-refractivity contribution is 0.0984. The average molecular weight is 346 g/mol. The Morgan fingerprint density at radius 2 is 1.88 bits per heavy atom. The van der Waals surface area contributed by atoms with Crippen LogP contribution in [0, 0.1) is 6.92 Å². The van der Waals surface area contributed by atoms with Crippen LogP contribution in [-0.2, 0) is 6.54 Å². The van der Waals surface area contributed by atoms with Gasteiger partial charge in [0.2, 0.25) is 6.79 Å². The highest BCUT2D eigenvalue weighted by molar-refractivity contribution is 6.06. The zero-order valence-electron chi connectivity index (χ0n) is 14.4. The van der Waals surface area contributed by atoms with Gasteiger partial charge >= 0.3 is 0 Å². The molecule has 0 bridgehead atoms. The minimum absolute atomic E-state index is 0.101. The molecule has 0 saturated heterocycles. The number of carbonyl (C=O) groups is 1. The molecule has 1 amide bonds. The molecule has 0 fully saturated rings. The molecule has 0 atom stereocenters. The molecule has 5 heteroatoms. The van der Waals surface area contributed by atoms with E-state index in [1.807, 2.05) is 43.3 Å². The van der Waals surface area contributed by atoms with Crippen LogP contribution in [0.5, 0.6) is 11.5 Å². The van der Waals surface area contributed by atoms with Crippen LogP contribution < -0.4 is 14.4 Å². The first-order valence-corrected chi connectivity index (χ1v) is 8.38. The maximum Gasteiger partial charge on any atom is 0.258 e. The molecule has 0 unspecified atom stereocenters. The molecule has 1 aliphatic rings. The highest BCUT2D eigenvalue weighted by Gasteiger charge is 2.22. The summed E-state index contributed by atoms with van der Waals surface area (Å²) >= 11 is 0. The van der Waals surface area contributed by atoms with Gasteiger partial charge < -0.3 is 14.4 Å². The number of carbonyl (C=O) groups excluding carboxylic acids is 1. The number of amides is 1. The molecule has 130 valence electrons. The summed E-state index contributed by atoms with van der Waals surface area (Å²) in [6, 6.07) is 17.0. The van der Waals surface area contributed by atoms with Gasteiger partial charge in [-0.3, -0.25) is 9.78 Å². The Kier molecular flexibility index (Phi) is 4.27. The molecule has 3 aromatic rings. The van der Waals surface area contributed by atoms with Crippen LogP contribution in [0.3, 0.4) is 0 Å². The number of pyridine rings is 1. The second-order valence-corrected chi connectivity index (χ2v) is 6.16. The van der Waals surface area contributed by atoms with Crippen molar-refractivity contribution in [2.45, 2.75) is 13.5 Å². The van der Waals surface area contributed by atoms with Crippen molar-refractivity contribution in [1.29, 1.82) is 0 Å². The van der Waals surface area contributed by atoms with E-state index in [1.165, 1.54) is 0 Å². The van der Waals surface area contributed by atoms with Gasteiger partial charge in [0.15, 0.2) is 11.5 Å². The first-order valence-electron chi connectivity index (χ1n) is 8.38. The van der Waals surface area contributed by atoms with E-state index in [1.54, 1.807) is 35.5 Å². The van der Waals surface area contributed by atoms with Gasteiger partial charge in [0, 0.05) is 23.6 Å². The molecule has 0 saturated carbocycles. The minimum atomic E-state index is -0.101. The Labute approximate surface area is 151 Å². The van der Waals surface area contributed by atoms with Crippen molar-refractivity contribution in [3.8, 4) is 11.5 Å². The second-order valence-electron chi connectivity index (χ2n) is 6.16. The van der Waals surface area contributed by atoms with Crippen LogP contribution in [0.2, 0.25) is 0 Å².